The summed E-state index contributed by atoms with van der Waals surface area (Å²) in [5.41, 5.74) is 0.938. The van der Waals surface area contributed by atoms with Gasteiger partial charge < -0.3 is 9.80 Å². The van der Waals surface area contributed by atoms with Gasteiger partial charge in [-0.05, 0) is 25.5 Å². The molecule has 1 aliphatic rings. The van der Waals surface area contributed by atoms with E-state index in [1.54, 1.807) is 17.0 Å². The van der Waals surface area contributed by atoms with E-state index in [-0.39, 0.29) is 16.7 Å². The van der Waals surface area contributed by atoms with E-state index < -0.39 is 16.1 Å². The summed E-state index contributed by atoms with van der Waals surface area (Å²) in [5, 5.41) is 0. The van der Waals surface area contributed by atoms with Crippen LogP contribution in [0.3, 0.4) is 0 Å². The second-order valence-corrected chi connectivity index (χ2v) is 8.23. The van der Waals surface area contributed by atoms with Crippen LogP contribution in [0, 0.1) is 12.8 Å². The monoisotopic (exact) mass is 367 g/mol. The third-order valence-electron chi connectivity index (χ3n) is 4.14. The topological polar surface area (TPSA) is 86.8 Å². The van der Waals surface area contributed by atoms with Crippen LogP contribution in [-0.2, 0) is 14.8 Å². The summed E-state index contributed by atoms with van der Waals surface area (Å²) in [6.45, 7) is 7.25. The summed E-state index contributed by atoms with van der Waals surface area (Å²) >= 11 is 0. The Balaban J connectivity index is 2.01. The second-order valence-electron chi connectivity index (χ2n) is 6.54. The number of sulfonamides is 1. The predicted molar refractivity (Wildman–Crippen MR) is 94.5 cm³/mol. The van der Waals surface area contributed by atoms with Crippen LogP contribution >= 0.6 is 0 Å². The molecule has 1 aromatic carbocycles. The van der Waals surface area contributed by atoms with Crippen molar-refractivity contribution in [3.05, 3.63) is 29.8 Å². The normalized spacial score (nSPS) is 15.8. The Labute approximate surface area is 149 Å². The highest BCUT2D eigenvalue weighted by molar-refractivity contribution is 7.90. The standard InChI is InChI=1S/C17H25N3O4S/c1-13(2)16(21)19-9-4-10-20(12-11-19)17(22)18-25(23,24)15-7-5-14(3)6-8-15/h5-8,13H,4,9-12H2,1-3H3,(H,18,22). The molecule has 0 aliphatic carbocycles. The average molecular weight is 367 g/mol. The molecule has 1 heterocycles. The van der Waals surface area contributed by atoms with E-state index in [4.69, 9.17) is 0 Å². The van der Waals surface area contributed by atoms with Crippen molar-refractivity contribution < 1.29 is 18.0 Å². The lowest BCUT2D eigenvalue weighted by molar-refractivity contribution is -0.134. The Morgan fingerprint density at radius 2 is 1.56 bits per heavy atom. The van der Waals surface area contributed by atoms with Gasteiger partial charge in [0.2, 0.25) is 5.91 Å². The van der Waals surface area contributed by atoms with Gasteiger partial charge >= 0.3 is 6.03 Å². The van der Waals surface area contributed by atoms with Crippen LogP contribution in [0.1, 0.15) is 25.8 Å². The molecule has 0 spiro atoms. The van der Waals surface area contributed by atoms with Gasteiger partial charge in [0.05, 0.1) is 4.90 Å². The van der Waals surface area contributed by atoms with Gasteiger partial charge in [-0.3, -0.25) is 4.79 Å². The molecule has 0 unspecified atom stereocenters. The highest BCUT2D eigenvalue weighted by atomic mass is 32.2. The van der Waals surface area contributed by atoms with E-state index in [1.807, 2.05) is 20.8 Å². The number of carbonyl (C=O) groups is 2. The van der Waals surface area contributed by atoms with Crippen molar-refractivity contribution in [3.8, 4) is 0 Å². The number of rotatable bonds is 3. The Morgan fingerprint density at radius 1 is 1.00 bits per heavy atom. The zero-order valence-electron chi connectivity index (χ0n) is 14.9. The Morgan fingerprint density at radius 3 is 2.16 bits per heavy atom. The first-order valence-electron chi connectivity index (χ1n) is 8.38. The Hall–Kier alpha value is -2.09. The zero-order valence-corrected chi connectivity index (χ0v) is 15.7. The molecular weight excluding hydrogens is 342 g/mol. The van der Waals surface area contributed by atoms with Gasteiger partial charge in [-0.2, -0.15) is 0 Å². The highest BCUT2D eigenvalue weighted by Gasteiger charge is 2.26. The maximum atomic E-state index is 12.3. The summed E-state index contributed by atoms with van der Waals surface area (Å²) < 4.78 is 26.8. The SMILES string of the molecule is Cc1ccc(S(=O)(=O)NC(=O)N2CCCN(C(=O)C(C)C)CC2)cc1. The molecule has 7 nitrogen and oxygen atoms in total. The minimum absolute atomic E-state index is 0.0505. The Kier molecular flexibility index (Phi) is 6.05. The van der Waals surface area contributed by atoms with E-state index in [0.717, 1.165) is 5.56 Å². The molecule has 1 aromatic rings. The molecule has 0 aromatic heterocycles. The summed E-state index contributed by atoms with van der Waals surface area (Å²) in [6, 6.07) is 5.65. The van der Waals surface area contributed by atoms with E-state index in [1.165, 1.54) is 17.0 Å². The molecule has 1 fully saturated rings. The number of carbonyl (C=O) groups excluding carboxylic acids is 2. The molecule has 8 heteroatoms. The van der Waals surface area contributed by atoms with Crippen molar-refractivity contribution in [1.29, 1.82) is 0 Å². The number of benzene rings is 1. The van der Waals surface area contributed by atoms with E-state index >= 15 is 0 Å². The summed E-state index contributed by atoms with van der Waals surface area (Å²) in [7, 11) is -3.90. The number of nitrogens with one attached hydrogen (secondary N) is 1. The first-order valence-corrected chi connectivity index (χ1v) is 9.86. The first-order chi connectivity index (χ1) is 11.7. The quantitative estimate of drug-likeness (QED) is 0.879. The molecule has 1 saturated heterocycles. The van der Waals surface area contributed by atoms with Gasteiger partial charge in [0.25, 0.3) is 10.0 Å². The van der Waals surface area contributed by atoms with E-state index in [0.29, 0.717) is 32.6 Å². The number of aryl methyl sites for hydroxylation is 1. The Bertz CT molecular complexity index is 729. The number of hydrogen-bond acceptors (Lipinski definition) is 4. The molecule has 1 N–H and O–H groups in total. The zero-order chi connectivity index (χ0) is 18.6. The van der Waals surface area contributed by atoms with Gasteiger partial charge in [-0.1, -0.05) is 31.5 Å². The fraction of sp³-hybridized carbons (Fsp3) is 0.529. The third kappa shape index (κ3) is 4.94. The molecule has 2 rings (SSSR count). The molecule has 25 heavy (non-hydrogen) atoms. The van der Waals surface area contributed by atoms with Crippen molar-refractivity contribution in [3.63, 3.8) is 0 Å². The summed E-state index contributed by atoms with van der Waals surface area (Å²) in [4.78, 5) is 27.7. The van der Waals surface area contributed by atoms with Crippen molar-refractivity contribution in [2.24, 2.45) is 5.92 Å². The second kappa shape index (κ2) is 7.86. The third-order valence-corrected chi connectivity index (χ3v) is 5.48. The minimum atomic E-state index is -3.90. The van der Waals surface area contributed by atoms with Gasteiger partial charge in [-0.15, -0.1) is 0 Å². The fourth-order valence-electron chi connectivity index (χ4n) is 2.66. The smallest absolute Gasteiger partial charge is 0.331 e. The summed E-state index contributed by atoms with van der Waals surface area (Å²) in [6.07, 6.45) is 0.621. The first kappa shape index (κ1) is 19.2. The number of nitrogens with zero attached hydrogens (tertiary/aromatic N) is 2. The fourth-order valence-corrected chi connectivity index (χ4v) is 3.63. The van der Waals surface area contributed by atoms with E-state index in [9.17, 15) is 18.0 Å². The van der Waals surface area contributed by atoms with Crippen LogP contribution < -0.4 is 4.72 Å². The predicted octanol–water partition coefficient (Wildman–Crippen LogP) is 1.58. The maximum Gasteiger partial charge on any atom is 0.331 e. The molecule has 0 saturated carbocycles. The van der Waals surface area contributed by atoms with Gasteiger partial charge in [0.15, 0.2) is 0 Å². The molecule has 138 valence electrons. The van der Waals surface area contributed by atoms with Gasteiger partial charge in [0, 0.05) is 32.1 Å². The van der Waals surface area contributed by atoms with Crippen LogP contribution in [0.25, 0.3) is 0 Å². The van der Waals surface area contributed by atoms with Crippen molar-refractivity contribution in [1.82, 2.24) is 14.5 Å². The number of amides is 3. The lowest BCUT2D eigenvalue weighted by Crippen LogP contribution is -2.45. The molecule has 1 aliphatic heterocycles. The molecule has 3 amide bonds. The highest BCUT2D eigenvalue weighted by Crippen LogP contribution is 2.12. The van der Waals surface area contributed by atoms with Gasteiger partial charge in [-0.25, -0.2) is 17.9 Å². The molecular formula is C17H25N3O4S. The van der Waals surface area contributed by atoms with Crippen molar-refractivity contribution in [2.45, 2.75) is 32.1 Å². The number of hydrogen-bond donors (Lipinski definition) is 1. The van der Waals surface area contributed by atoms with Crippen LogP contribution in [0.15, 0.2) is 29.2 Å². The van der Waals surface area contributed by atoms with E-state index in [2.05, 4.69) is 4.72 Å². The average Bonchev–Trinajstić information content (AvgIpc) is 2.80. The maximum absolute atomic E-state index is 12.3. The van der Waals surface area contributed by atoms with Crippen LogP contribution in [0.2, 0.25) is 0 Å². The van der Waals surface area contributed by atoms with Gasteiger partial charge in [0.1, 0.15) is 0 Å². The largest absolute Gasteiger partial charge is 0.341 e. The lowest BCUT2D eigenvalue weighted by Gasteiger charge is -2.23. The number of urea groups is 1. The molecule has 0 radical (unpaired) electrons. The van der Waals surface area contributed by atoms with Crippen molar-refractivity contribution in [2.75, 3.05) is 26.2 Å². The summed E-state index contributed by atoms with van der Waals surface area (Å²) in [5.74, 6) is -0.0446. The van der Waals surface area contributed by atoms with Crippen LogP contribution in [0.5, 0.6) is 0 Å². The van der Waals surface area contributed by atoms with Crippen molar-refractivity contribution >= 4 is 22.0 Å². The lowest BCUT2D eigenvalue weighted by atomic mass is 10.2. The molecule has 0 bridgehead atoms. The molecule has 0 atom stereocenters. The van der Waals surface area contributed by atoms with Crippen LogP contribution in [-0.4, -0.2) is 56.3 Å². The van der Waals surface area contributed by atoms with Crippen LogP contribution in [0.4, 0.5) is 4.79 Å². The minimum Gasteiger partial charge on any atom is -0.341 e.